The van der Waals surface area contributed by atoms with E-state index >= 15 is 0 Å². The molecule has 0 aliphatic heterocycles. The van der Waals surface area contributed by atoms with Gasteiger partial charge in [0.05, 0.1) is 8.95 Å². The largest absolute Gasteiger partial charge is 0.490 e. The van der Waals surface area contributed by atoms with E-state index in [-0.39, 0.29) is 0 Å². The lowest BCUT2D eigenvalue weighted by atomic mass is 10.2. The van der Waals surface area contributed by atoms with E-state index < -0.39 is 0 Å². The zero-order valence-electron chi connectivity index (χ0n) is 11.8. The van der Waals surface area contributed by atoms with Gasteiger partial charge in [0.2, 0.25) is 0 Å². The van der Waals surface area contributed by atoms with Crippen LogP contribution in [0.2, 0.25) is 0 Å². The van der Waals surface area contributed by atoms with E-state index in [2.05, 4.69) is 61.1 Å². The first-order chi connectivity index (χ1) is 9.04. The Hall–Kier alpha value is -0.100. The lowest BCUT2D eigenvalue weighted by Gasteiger charge is -2.14. The number of hydrogen-bond acceptors (Lipinski definition) is 3. The summed E-state index contributed by atoms with van der Waals surface area (Å²) >= 11 is 7.16. The maximum Gasteiger partial charge on any atom is 0.147 e. The minimum absolute atomic E-state index is 0.678. The molecule has 0 amide bonds. The van der Waals surface area contributed by atoms with Gasteiger partial charge in [-0.05, 0) is 76.6 Å². The first-order valence-electron chi connectivity index (χ1n) is 6.50. The van der Waals surface area contributed by atoms with Gasteiger partial charge in [-0.1, -0.05) is 6.92 Å². The molecule has 1 N–H and O–H groups in total. The predicted molar refractivity (Wildman–Crippen MR) is 87.9 cm³/mol. The van der Waals surface area contributed by atoms with Crippen molar-refractivity contribution in [2.24, 2.45) is 0 Å². The molecule has 0 spiro atoms. The number of likely N-dealkylation sites (N-methyl/N-ethyl adjacent to an activating group) is 1. The maximum absolute atomic E-state index is 5.80. The summed E-state index contributed by atoms with van der Waals surface area (Å²) in [6.45, 7) is 5.66. The maximum atomic E-state index is 5.80. The van der Waals surface area contributed by atoms with E-state index in [0.717, 1.165) is 40.8 Å². The fraction of sp³-hybridized carbons (Fsp3) is 0.571. The van der Waals surface area contributed by atoms with Gasteiger partial charge in [0, 0.05) is 13.1 Å². The fourth-order valence-electron chi connectivity index (χ4n) is 1.59. The van der Waals surface area contributed by atoms with Gasteiger partial charge in [-0.25, -0.2) is 0 Å². The van der Waals surface area contributed by atoms with Gasteiger partial charge < -0.3 is 15.0 Å². The summed E-state index contributed by atoms with van der Waals surface area (Å²) < 4.78 is 7.79. The Bertz CT molecular complexity index is 374. The standard InChI is InChI=1S/C14H22Br2N2O/c1-4-5-17-10-11-8-12(15)14(13(16)9-11)19-7-6-18(2)3/h8-9,17H,4-7,10H2,1-3H3. The zero-order valence-corrected chi connectivity index (χ0v) is 15.0. The Morgan fingerprint density at radius 1 is 1.21 bits per heavy atom. The van der Waals surface area contributed by atoms with Crippen molar-refractivity contribution in [3.63, 3.8) is 0 Å². The number of halogens is 2. The highest BCUT2D eigenvalue weighted by Crippen LogP contribution is 2.34. The van der Waals surface area contributed by atoms with E-state index in [4.69, 9.17) is 4.74 Å². The molecule has 1 rings (SSSR count). The quantitative estimate of drug-likeness (QED) is 0.682. The van der Waals surface area contributed by atoms with Crippen LogP contribution in [-0.4, -0.2) is 38.7 Å². The minimum Gasteiger partial charge on any atom is -0.490 e. The van der Waals surface area contributed by atoms with Crippen molar-refractivity contribution in [2.45, 2.75) is 19.9 Å². The van der Waals surface area contributed by atoms with Crippen molar-refractivity contribution in [1.29, 1.82) is 0 Å². The van der Waals surface area contributed by atoms with E-state index in [1.165, 1.54) is 5.56 Å². The van der Waals surface area contributed by atoms with Gasteiger partial charge >= 0.3 is 0 Å². The first-order valence-corrected chi connectivity index (χ1v) is 8.09. The van der Waals surface area contributed by atoms with Crippen LogP contribution >= 0.6 is 31.9 Å². The van der Waals surface area contributed by atoms with Crippen molar-refractivity contribution >= 4 is 31.9 Å². The Balaban J connectivity index is 2.63. The van der Waals surface area contributed by atoms with Crippen molar-refractivity contribution in [2.75, 3.05) is 33.8 Å². The SMILES string of the molecule is CCCNCc1cc(Br)c(OCCN(C)C)c(Br)c1. The molecular formula is C14H22Br2N2O. The highest BCUT2D eigenvalue weighted by molar-refractivity contribution is 9.11. The normalized spacial score (nSPS) is 11.1. The number of rotatable bonds is 8. The fourth-order valence-corrected chi connectivity index (χ4v) is 3.10. The molecule has 0 aliphatic rings. The average molecular weight is 394 g/mol. The van der Waals surface area contributed by atoms with Crippen LogP contribution < -0.4 is 10.1 Å². The first kappa shape index (κ1) is 17.0. The van der Waals surface area contributed by atoms with Crippen LogP contribution in [0.25, 0.3) is 0 Å². The molecule has 0 aliphatic carbocycles. The summed E-state index contributed by atoms with van der Waals surface area (Å²) in [6.07, 6.45) is 1.15. The second-order valence-electron chi connectivity index (χ2n) is 4.72. The average Bonchev–Trinajstić information content (AvgIpc) is 2.32. The van der Waals surface area contributed by atoms with Crippen LogP contribution in [-0.2, 0) is 6.54 Å². The van der Waals surface area contributed by atoms with Crippen LogP contribution in [0.1, 0.15) is 18.9 Å². The molecule has 1 aromatic carbocycles. The van der Waals surface area contributed by atoms with Gasteiger partial charge in [0.25, 0.3) is 0 Å². The van der Waals surface area contributed by atoms with E-state index in [0.29, 0.717) is 6.61 Å². The molecule has 1 aromatic rings. The molecule has 0 bridgehead atoms. The smallest absolute Gasteiger partial charge is 0.147 e. The van der Waals surface area contributed by atoms with Crippen LogP contribution in [0, 0.1) is 0 Å². The van der Waals surface area contributed by atoms with E-state index in [1.54, 1.807) is 0 Å². The number of nitrogens with one attached hydrogen (secondary N) is 1. The number of benzene rings is 1. The number of nitrogens with zero attached hydrogens (tertiary/aromatic N) is 1. The second kappa shape index (κ2) is 8.95. The highest BCUT2D eigenvalue weighted by atomic mass is 79.9. The zero-order chi connectivity index (χ0) is 14.3. The third-order valence-corrected chi connectivity index (χ3v) is 3.78. The Labute approximate surface area is 133 Å². The second-order valence-corrected chi connectivity index (χ2v) is 6.43. The molecule has 108 valence electrons. The third kappa shape index (κ3) is 6.25. The monoisotopic (exact) mass is 392 g/mol. The van der Waals surface area contributed by atoms with Crippen molar-refractivity contribution in [1.82, 2.24) is 10.2 Å². The third-order valence-electron chi connectivity index (χ3n) is 2.60. The molecule has 19 heavy (non-hydrogen) atoms. The van der Waals surface area contributed by atoms with Crippen LogP contribution in [0.3, 0.4) is 0 Å². The number of hydrogen-bond donors (Lipinski definition) is 1. The Morgan fingerprint density at radius 2 is 1.84 bits per heavy atom. The minimum atomic E-state index is 0.678. The molecule has 0 fully saturated rings. The van der Waals surface area contributed by atoms with Crippen molar-refractivity contribution < 1.29 is 4.74 Å². The van der Waals surface area contributed by atoms with Gasteiger partial charge in [-0.3, -0.25) is 0 Å². The van der Waals surface area contributed by atoms with Gasteiger partial charge in [-0.2, -0.15) is 0 Å². The van der Waals surface area contributed by atoms with Crippen molar-refractivity contribution in [3.8, 4) is 5.75 Å². The molecule has 5 heteroatoms. The molecule has 0 unspecified atom stereocenters. The molecule has 0 saturated carbocycles. The molecule has 3 nitrogen and oxygen atoms in total. The van der Waals surface area contributed by atoms with Crippen LogP contribution in [0.5, 0.6) is 5.75 Å². The highest BCUT2D eigenvalue weighted by Gasteiger charge is 2.09. The molecule has 0 saturated heterocycles. The summed E-state index contributed by atoms with van der Waals surface area (Å²) in [4.78, 5) is 2.10. The lowest BCUT2D eigenvalue weighted by molar-refractivity contribution is 0.259. The Kier molecular flexibility index (Phi) is 7.99. The molecular weight excluding hydrogens is 372 g/mol. The summed E-state index contributed by atoms with van der Waals surface area (Å²) in [5.74, 6) is 0.876. The molecule has 0 atom stereocenters. The number of ether oxygens (including phenoxy) is 1. The van der Waals surface area contributed by atoms with Gasteiger partial charge in [0.15, 0.2) is 0 Å². The van der Waals surface area contributed by atoms with E-state index in [9.17, 15) is 0 Å². The summed E-state index contributed by atoms with van der Waals surface area (Å²) in [5.41, 5.74) is 1.24. The lowest BCUT2D eigenvalue weighted by Crippen LogP contribution is -2.19. The molecule has 0 aromatic heterocycles. The van der Waals surface area contributed by atoms with Crippen molar-refractivity contribution in [3.05, 3.63) is 26.6 Å². The summed E-state index contributed by atoms with van der Waals surface area (Å²) in [5, 5.41) is 3.39. The van der Waals surface area contributed by atoms with Crippen LogP contribution in [0.15, 0.2) is 21.1 Å². The van der Waals surface area contributed by atoms with Gasteiger partial charge in [-0.15, -0.1) is 0 Å². The topological polar surface area (TPSA) is 24.5 Å². The molecule has 0 heterocycles. The molecule has 0 radical (unpaired) electrons. The predicted octanol–water partition coefficient (Wildman–Crippen LogP) is 3.65. The van der Waals surface area contributed by atoms with E-state index in [1.807, 2.05) is 14.1 Å². The summed E-state index contributed by atoms with van der Waals surface area (Å²) in [7, 11) is 4.08. The van der Waals surface area contributed by atoms with Crippen LogP contribution in [0.4, 0.5) is 0 Å². The Morgan fingerprint density at radius 3 is 2.37 bits per heavy atom. The summed E-state index contributed by atoms with van der Waals surface area (Å²) in [6, 6.07) is 4.22. The van der Waals surface area contributed by atoms with Gasteiger partial charge in [0.1, 0.15) is 12.4 Å².